The van der Waals surface area contributed by atoms with Gasteiger partial charge in [0.25, 0.3) is 0 Å². The Hall–Kier alpha value is -1.90. The van der Waals surface area contributed by atoms with Gasteiger partial charge in [0.05, 0.1) is 11.9 Å². The minimum atomic E-state index is -3.51. The van der Waals surface area contributed by atoms with Gasteiger partial charge in [-0.2, -0.15) is 5.10 Å². The highest BCUT2D eigenvalue weighted by molar-refractivity contribution is 7.92. The summed E-state index contributed by atoms with van der Waals surface area (Å²) in [5.74, 6) is -0.339. The van der Waals surface area contributed by atoms with Crippen molar-refractivity contribution in [2.24, 2.45) is 0 Å². The monoisotopic (exact) mass is 412 g/mol. The fourth-order valence-corrected chi connectivity index (χ4v) is 4.85. The predicted molar refractivity (Wildman–Crippen MR) is 107 cm³/mol. The lowest BCUT2D eigenvalue weighted by Gasteiger charge is -2.37. The first-order valence-electron chi connectivity index (χ1n) is 8.58. The van der Waals surface area contributed by atoms with E-state index in [0.29, 0.717) is 32.5 Å². The summed E-state index contributed by atoms with van der Waals surface area (Å²) in [4.78, 5) is 14.5. The van der Waals surface area contributed by atoms with Crippen LogP contribution in [0, 0.1) is 0 Å². The number of halogens is 1. The zero-order chi connectivity index (χ0) is 18.8. The van der Waals surface area contributed by atoms with E-state index in [4.69, 9.17) is 0 Å². The number of nitrogens with one attached hydrogen (secondary N) is 1. The smallest absolute Gasteiger partial charge is 0.244 e. The molecule has 1 aliphatic rings. The summed E-state index contributed by atoms with van der Waals surface area (Å²) in [6.45, 7) is 1.37. The molecule has 7 nitrogen and oxygen atoms in total. The Morgan fingerprint density at radius 3 is 2.48 bits per heavy atom. The van der Waals surface area contributed by atoms with Gasteiger partial charge in [0, 0.05) is 31.6 Å². The van der Waals surface area contributed by atoms with Crippen LogP contribution in [0.5, 0.6) is 0 Å². The molecule has 1 aliphatic heterocycles. The molecular formula is C18H25ClN4O3S. The normalized spacial score (nSPS) is 16.4. The van der Waals surface area contributed by atoms with E-state index in [1.165, 1.54) is 4.90 Å². The number of carbonyl (C=O) groups is 1. The first kappa shape index (κ1) is 21.4. The van der Waals surface area contributed by atoms with Gasteiger partial charge in [0.2, 0.25) is 5.91 Å². The molecule has 0 radical (unpaired) electrons. The van der Waals surface area contributed by atoms with Crippen molar-refractivity contribution in [1.82, 2.24) is 20.0 Å². The molecule has 1 N–H and O–H groups in total. The molecule has 1 aromatic heterocycles. The van der Waals surface area contributed by atoms with Crippen molar-refractivity contribution < 1.29 is 13.2 Å². The summed E-state index contributed by atoms with van der Waals surface area (Å²) in [5, 5.41) is 7.46. The average molecular weight is 413 g/mol. The number of rotatable bonds is 5. The van der Waals surface area contributed by atoms with E-state index in [9.17, 15) is 13.2 Å². The number of sulfone groups is 1. The minimum absolute atomic E-state index is 0. The fraction of sp³-hybridized carbons (Fsp3) is 0.444. The predicted octanol–water partition coefficient (Wildman–Crippen LogP) is 1.42. The molecule has 1 aromatic carbocycles. The average Bonchev–Trinajstić information content (AvgIpc) is 3.10. The maximum Gasteiger partial charge on any atom is 0.244 e. The van der Waals surface area contributed by atoms with Crippen molar-refractivity contribution in [3.8, 4) is 5.69 Å². The van der Waals surface area contributed by atoms with Crippen molar-refractivity contribution >= 4 is 28.2 Å². The van der Waals surface area contributed by atoms with Gasteiger partial charge < -0.3 is 10.2 Å². The molecule has 3 rings (SSSR count). The third kappa shape index (κ3) is 4.34. The van der Waals surface area contributed by atoms with E-state index >= 15 is 0 Å². The van der Waals surface area contributed by atoms with Crippen LogP contribution in [0.25, 0.3) is 5.69 Å². The summed E-state index contributed by atoms with van der Waals surface area (Å²) in [7, 11) is -1.86. The number of nitrogens with zero attached hydrogens (tertiary/aromatic N) is 3. The summed E-state index contributed by atoms with van der Waals surface area (Å²) in [5.41, 5.74) is 1.78. The Kier molecular flexibility index (Phi) is 6.67. The van der Waals surface area contributed by atoms with E-state index < -0.39 is 14.6 Å². The van der Waals surface area contributed by atoms with Gasteiger partial charge in [0.15, 0.2) is 14.6 Å². The number of piperidine rings is 1. The van der Waals surface area contributed by atoms with E-state index in [1.54, 1.807) is 17.9 Å². The molecule has 1 saturated heterocycles. The molecule has 1 amide bonds. The number of para-hydroxylation sites is 1. The summed E-state index contributed by atoms with van der Waals surface area (Å²) >= 11 is 0. The highest BCUT2D eigenvalue weighted by atomic mass is 35.5. The lowest BCUT2D eigenvalue weighted by molar-refractivity contribution is -0.134. The number of aromatic nitrogens is 2. The van der Waals surface area contributed by atoms with Gasteiger partial charge in [0.1, 0.15) is 0 Å². The topological polar surface area (TPSA) is 84.3 Å². The Bertz CT molecular complexity index is 877. The zero-order valence-corrected chi connectivity index (χ0v) is 17.1. The molecule has 148 valence electrons. The van der Waals surface area contributed by atoms with E-state index in [1.807, 2.05) is 36.5 Å². The highest BCUT2D eigenvalue weighted by Gasteiger charge is 2.49. The second-order valence-electron chi connectivity index (χ2n) is 6.81. The quantitative estimate of drug-likeness (QED) is 0.802. The van der Waals surface area contributed by atoms with Crippen LogP contribution in [-0.4, -0.2) is 60.1 Å². The first-order valence-corrected chi connectivity index (χ1v) is 10.5. The van der Waals surface area contributed by atoms with Crippen LogP contribution in [0.15, 0.2) is 42.7 Å². The number of benzene rings is 1. The third-order valence-electron chi connectivity index (χ3n) is 4.93. The van der Waals surface area contributed by atoms with Crippen LogP contribution in [0.4, 0.5) is 0 Å². The molecular weight excluding hydrogens is 388 g/mol. The summed E-state index contributed by atoms with van der Waals surface area (Å²) < 4.78 is 25.2. The van der Waals surface area contributed by atoms with Gasteiger partial charge in [-0.3, -0.25) is 4.79 Å². The van der Waals surface area contributed by atoms with Gasteiger partial charge in [-0.05, 0) is 38.1 Å². The molecule has 0 atom stereocenters. The van der Waals surface area contributed by atoms with Crippen LogP contribution < -0.4 is 5.32 Å². The van der Waals surface area contributed by atoms with Crippen LogP contribution in [-0.2, 0) is 21.2 Å². The zero-order valence-electron chi connectivity index (χ0n) is 15.5. The van der Waals surface area contributed by atoms with Crippen molar-refractivity contribution in [3.63, 3.8) is 0 Å². The van der Waals surface area contributed by atoms with E-state index in [-0.39, 0.29) is 18.3 Å². The van der Waals surface area contributed by atoms with Crippen LogP contribution in [0.3, 0.4) is 0 Å². The van der Waals surface area contributed by atoms with Crippen molar-refractivity contribution in [3.05, 3.63) is 48.3 Å². The minimum Gasteiger partial charge on any atom is -0.340 e. The summed E-state index contributed by atoms with van der Waals surface area (Å²) in [6, 6.07) is 9.68. The Morgan fingerprint density at radius 1 is 1.26 bits per heavy atom. The van der Waals surface area contributed by atoms with Gasteiger partial charge >= 0.3 is 0 Å². The van der Waals surface area contributed by atoms with Crippen molar-refractivity contribution in [2.75, 3.05) is 26.4 Å². The first-order chi connectivity index (χ1) is 12.3. The largest absolute Gasteiger partial charge is 0.340 e. The second kappa shape index (κ2) is 8.41. The number of hydrogen-bond acceptors (Lipinski definition) is 5. The molecule has 0 bridgehead atoms. The van der Waals surface area contributed by atoms with Crippen LogP contribution in [0.2, 0.25) is 0 Å². The van der Waals surface area contributed by atoms with Crippen molar-refractivity contribution in [2.45, 2.75) is 24.1 Å². The number of amides is 1. The van der Waals surface area contributed by atoms with E-state index in [0.717, 1.165) is 17.5 Å². The second-order valence-corrected chi connectivity index (χ2v) is 9.13. The number of hydrogen-bond donors (Lipinski definition) is 1. The molecule has 2 aromatic rings. The fourth-order valence-electron chi connectivity index (χ4n) is 3.43. The number of carbonyl (C=O) groups excluding carboxylic acids is 1. The van der Waals surface area contributed by atoms with Gasteiger partial charge in [-0.15, -0.1) is 12.4 Å². The molecule has 0 aliphatic carbocycles. The van der Waals surface area contributed by atoms with E-state index in [2.05, 4.69) is 10.4 Å². The molecule has 0 unspecified atom stereocenters. The van der Waals surface area contributed by atoms with Crippen LogP contribution >= 0.6 is 12.4 Å². The molecule has 0 saturated carbocycles. The van der Waals surface area contributed by atoms with Gasteiger partial charge in [-0.25, -0.2) is 13.1 Å². The highest BCUT2D eigenvalue weighted by Crippen LogP contribution is 2.30. The molecule has 1 fully saturated rings. The SMILES string of the molecule is CN(Cc1cnn(-c2ccccc2)c1)C(=O)C1(S(C)(=O)=O)CCNCC1.Cl. The maximum atomic E-state index is 13.0. The standard InChI is InChI=1S/C18H24N4O3S.ClH/c1-21(17(23)18(26(2,24)25)8-10-19-11-9-18)13-15-12-20-22(14-15)16-6-4-3-5-7-16;/h3-7,12,14,19H,8-11,13H2,1-2H3;1H. The van der Waals surface area contributed by atoms with Crippen LogP contribution in [0.1, 0.15) is 18.4 Å². The maximum absolute atomic E-state index is 13.0. The Labute approximate surface area is 166 Å². The van der Waals surface area contributed by atoms with Crippen molar-refractivity contribution in [1.29, 1.82) is 0 Å². The Balaban J connectivity index is 0.00000261. The molecule has 27 heavy (non-hydrogen) atoms. The Morgan fingerprint density at radius 2 is 1.89 bits per heavy atom. The lowest BCUT2D eigenvalue weighted by Crippen LogP contribution is -2.57. The molecule has 2 heterocycles. The molecule has 0 spiro atoms. The third-order valence-corrected chi connectivity index (χ3v) is 6.94. The summed E-state index contributed by atoms with van der Waals surface area (Å²) in [6.07, 6.45) is 5.33. The molecule has 9 heteroatoms. The lowest BCUT2D eigenvalue weighted by atomic mass is 9.95. The van der Waals surface area contributed by atoms with Gasteiger partial charge in [-0.1, -0.05) is 18.2 Å².